The van der Waals surface area contributed by atoms with Crippen molar-refractivity contribution >= 4 is 12.4 Å². The van der Waals surface area contributed by atoms with Gasteiger partial charge in [0, 0.05) is 53.0 Å². The molecule has 0 saturated heterocycles. The molecule has 0 saturated carbocycles. The highest BCUT2D eigenvalue weighted by atomic mass is 16.5. The molecule has 0 unspecified atom stereocenters. The van der Waals surface area contributed by atoms with Crippen molar-refractivity contribution in [2.45, 2.75) is 12.8 Å². The van der Waals surface area contributed by atoms with Crippen molar-refractivity contribution in [3.8, 4) is 0 Å². The van der Waals surface area contributed by atoms with Crippen molar-refractivity contribution < 1.29 is 9.47 Å². The molecule has 1 rings (SSSR count). The van der Waals surface area contributed by atoms with Gasteiger partial charge in [-0.25, -0.2) is 0 Å². The van der Waals surface area contributed by atoms with E-state index in [2.05, 4.69) is 34.3 Å². The molecule has 0 aromatic heterocycles. The molecule has 0 aliphatic rings. The van der Waals surface area contributed by atoms with E-state index in [1.165, 1.54) is 0 Å². The first-order valence-corrected chi connectivity index (χ1v) is 6.94. The molecule has 110 valence electrons. The zero-order chi connectivity index (χ0) is 14.5. The van der Waals surface area contributed by atoms with Crippen LogP contribution in [-0.4, -0.2) is 53.0 Å². The van der Waals surface area contributed by atoms with Gasteiger partial charge >= 0.3 is 0 Å². The van der Waals surface area contributed by atoms with Crippen LogP contribution in [0, 0.1) is 0 Å². The van der Waals surface area contributed by atoms with Crippen molar-refractivity contribution in [2.75, 3.05) is 40.5 Å². The molecule has 0 heterocycles. The van der Waals surface area contributed by atoms with E-state index in [0.29, 0.717) is 0 Å². The third-order valence-electron chi connectivity index (χ3n) is 2.69. The monoisotopic (exact) mass is 276 g/mol. The zero-order valence-corrected chi connectivity index (χ0v) is 12.4. The Bertz CT molecular complexity index is 360. The van der Waals surface area contributed by atoms with E-state index in [1.54, 1.807) is 14.2 Å². The smallest absolute Gasteiger partial charge is 0.0479 e. The minimum Gasteiger partial charge on any atom is -0.385 e. The first-order chi connectivity index (χ1) is 9.86. The Labute approximate surface area is 121 Å². The predicted molar refractivity (Wildman–Crippen MR) is 84.4 cm³/mol. The lowest BCUT2D eigenvalue weighted by atomic mass is 10.1. The Morgan fingerprint density at radius 3 is 1.55 bits per heavy atom. The number of aliphatic imine (C=N–C) groups is 2. The molecule has 0 radical (unpaired) electrons. The molecule has 0 N–H and O–H groups in total. The SMILES string of the molecule is COCCCN=Cc1ccc(C=NCCCOC)cc1. The largest absolute Gasteiger partial charge is 0.385 e. The predicted octanol–water partition coefficient (Wildman–Crippen LogP) is 2.60. The normalized spacial score (nSPS) is 11.7. The van der Waals surface area contributed by atoms with E-state index in [1.807, 2.05) is 12.4 Å². The summed E-state index contributed by atoms with van der Waals surface area (Å²) >= 11 is 0. The van der Waals surface area contributed by atoms with Crippen LogP contribution in [-0.2, 0) is 9.47 Å². The first kappa shape index (κ1) is 16.5. The summed E-state index contributed by atoms with van der Waals surface area (Å²) in [7, 11) is 3.42. The third kappa shape index (κ3) is 7.81. The van der Waals surface area contributed by atoms with Gasteiger partial charge in [-0.1, -0.05) is 24.3 Å². The van der Waals surface area contributed by atoms with Crippen LogP contribution in [0.5, 0.6) is 0 Å². The van der Waals surface area contributed by atoms with Gasteiger partial charge in [-0.05, 0) is 24.0 Å². The molecule has 0 spiro atoms. The van der Waals surface area contributed by atoms with Gasteiger partial charge in [0.05, 0.1) is 0 Å². The van der Waals surface area contributed by atoms with Crippen LogP contribution in [0.4, 0.5) is 0 Å². The number of benzene rings is 1. The topological polar surface area (TPSA) is 43.2 Å². The summed E-state index contributed by atoms with van der Waals surface area (Å²) in [6, 6.07) is 8.21. The number of hydrogen-bond donors (Lipinski definition) is 0. The number of hydrogen-bond acceptors (Lipinski definition) is 4. The Morgan fingerprint density at radius 1 is 0.800 bits per heavy atom. The van der Waals surface area contributed by atoms with Crippen LogP contribution in [0.3, 0.4) is 0 Å². The lowest BCUT2D eigenvalue weighted by molar-refractivity contribution is 0.197. The van der Waals surface area contributed by atoms with Gasteiger partial charge in [-0.3, -0.25) is 9.98 Å². The fourth-order valence-electron chi connectivity index (χ4n) is 1.61. The summed E-state index contributed by atoms with van der Waals surface area (Å²) in [5.41, 5.74) is 2.22. The Hall–Kier alpha value is -1.52. The van der Waals surface area contributed by atoms with Gasteiger partial charge < -0.3 is 9.47 Å². The van der Waals surface area contributed by atoms with Crippen LogP contribution in [0.2, 0.25) is 0 Å². The Kier molecular flexibility index (Phi) is 9.36. The molecule has 0 bridgehead atoms. The molecule has 1 aromatic carbocycles. The van der Waals surface area contributed by atoms with Gasteiger partial charge in [0.1, 0.15) is 0 Å². The first-order valence-electron chi connectivity index (χ1n) is 6.94. The maximum absolute atomic E-state index is 4.98. The molecule has 4 heteroatoms. The van der Waals surface area contributed by atoms with Crippen molar-refractivity contribution in [2.24, 2.45) is 9.98 Å². The molecule has 0 atom stereocenters. The highest BCUT2D eigenvalue weighted by Crippen LogP contribution is 2.00. The number of methoxy groups -OCH3 is 2. The van der Waals surface area contributed by atoms with Gasteiger partial charge in [-0.2, -0.15) is 0 Å². The van der Waals surface area contributed by atoms with Crippen molar-refractivity contribution in [1.82, 2.24) is 0 Å². The molecular formula is C16H24N2O2. The minimum absolute atomic E-state index is 0.760. The van der Waals surface area contributed by atoms with E-state index < -0.39 is 0 Å². The van der Waals surface area contributed by atoms with Crippen LogP contribution >= 0.6 is 0 Å². The minimum atomic E-state index is 0.760. The highest BCUT2D eigenvalue weighted by Gasteiger charge is 1.90. The van der Waals surface area contributed by atoms with E-state index in [9.17, 15) is 0 Å². The van der Waals surface area contributed by atoms with Gasteiger partial charge in [0.25, 0.3) is 0 Å². The van der Waals surface area contributed by atoms with Crippen LogP contribution in [0.25, 0.3) is 0 Å². The standard InChI is InChI=1S/C16H24N2O2/c1-19-11-3-9-17-13-15-5-7-16(8-6-15)14-18-10-4-12-20-2/h5-8,13-14H,3-4,9-12H2,1-2H3. The van der Waals surface area contributed by atoms with Crippen LogP contribution < -0.4 is 0 Å². The molecule has 0 aliphatic carbocycles. The molecule has 0 aliphatic heterocycles. The van der Waals surface area contributed by atoms with E-state index in [0.717, 1.165) is 50.3 Å². The molecule has 0 amide bonds. The van der Waals surface area contributed by atoms with E-state index in [-0.39, 0.29) is 0 Å². The molecular weight excluding hydrogens is 252 g/mol. The maximum Gasteiger partial charge on any atom is 0.0479 e. The summed E-state index contributed by atoms with van der Waals surface area (Å²) in [4.78, 5) is 8.70. The van der Waals surface area contributed by atoms with Gasteiger partial charge in [0.2, 0.25) is 0 Å². The third-order valence-corrected chi connectivity index (χ3v) is 2.69. The summed E-state index contributed by atoms with van der Waals surface area (Å²) < 4.78 is 9.95. The second kappa shape index (κ2) is 11.3. The summed E-state index contributed by atoms with van der Waals surface area (Å²) in [6.45, 7) is 3.12. The quantitative estimate of drug-likeness (QED) is 0.487. The number of nitrogens with zero attached hydrogens (tertiary/aromatic N) is 2. The number of rotatable bonds is 10. The molecule has 20 heavy (non-hydrogen) atoms. The Morgan fingerprint density at radius 2 is 1.20 bits per heavy atom. The van der Waals surface area contributed by atoms with Gasteiger partial charge in [0.15, 0.2) is 0 Å². The van der Waals surface area contributed by atoms with Gasteiger partial charge in [-0.15, -0.1) is 0 Å². The highest BCUT2D eigenvalue weighted by molar-refractivity contribution is 5.84. The van der Waals surface area contributed by atoms with Crippen LogP contribution in [0.15, 0.2) is 34.3 Å². The average molecular weight is 276 g/mol. The van der Waals surface area contributed by atoms with Crippen molar-refractivity contribution in [3.05, 3.63) is 35.4 Å². The number of ether oxygens (including phenoxy) is 2. The van der Waals surface area contributed by atoms with Crippen molar-refractivity contribution in [1.29, 1.82) is 0 Å². The molecule has 1 aromatic rings. The fraction of sp³-hybridized carbons (Fsp3) is 0.500. The zero-order valence-electron chi connectivity index (χ0n) is 12.4. The summed E-state index contributed by atoms with van der Waals surface area (Å²) in [6.07, 6.45) is 5.71. The molecule has 0 fully saturated rings. The molecule has 4 nitrogen and oxygen atoms in total. The van der Waals surface area contributed by atoms with Crippen LogP contribution in [0.1, 0.15) is 24.0 Å². The lowest BCUT2D eigenvalue weighted by Gasteiger charge is -1.97. The second-order valence-electron chi connectivity index (χ2n) is 4.43. The van der Waals surface area contributed by atoms with Crippen molar-refractivity contribution in [3.63, 3.8) is 0 Å². The summed E-state index contributed by atoms with van der Waals surface area (Å²) in [5.74, 6) is 0. The lowest BCUT2D eigenvalue weighted by Crippen LogP contribution is -1.93. The van der Waals surface area contributed by atoms with E-state index in [4.69, 9.17) is 9.47 Å². The van der Waals surface area contributed by atoms with E-state index >= 15 is 0 Å². The second-order valence-corrected chi connectivity index (χ2v) is 4.43. The average Bonchev–Trinajstić information content (AvgIpc) is 2.48. The Balaban J connectivity index is 2.32. The maximum atomic E-state index is 4.98. The fourth-order valence-corrected chi connectivity index (χ4v) is 1.61. The summed E-state index contributed by atoms with van der Waals surface area (Å²) in [5, 5.41) is 0.